The molecule has 3 aliphatic rings. The van der Waals surface area contributed by atoms with Crippen LogP contribution in [0.1, 0.15) is 67.3 Å². The quantitative estimate of drug-likeness (QED) is 0.754. The van der Waals surface area contributed by atoms with Gasteiger partial charge in [0.15, 0.2) is 5.78 Å². The molecule has 0 amide bonds. The molecule has 2 heteroatoms. The molecule has 0 saturated heterocycles. The first-order valence-corrected chi connectivity index (χ1v) is 8.33. The highest BCUT2D eigenvalue weighted by Crippen LogP contribution is 2.60. The molecule has 0 N–H and O–H groups in total. The molecule has 3 aliphatic carbocycles. The van der Waals surface area contributed by atoms with E-state index in [-0.39, 0.29) is 0 Å². The molecule has 0 radical (unpaired) electrons. The van der Waals surface area contributed by atoms with Gasteiger partial charge in [0.05, 0.1) is 7.11 Å². The first-order chi connectivity index (χ1) is 10.1. The largest absolute Gasteiger partial charge is 0.497 e. The maximum absolute atomic E-state index is 12.6. The van der Waals surface area contributed by atoms with E-state index in [9.17, 15) is 4.79 Å². The molecule has 4 unspecified atom stereocenters. The molecule has 2 nitrogen and oxygen atoms in total. The summed E-state index contributed by atoms with van der Waals surface area (Å²) in [5.41, 5.74) is 2.73. The molecule has 0 aliphatic heterocycles. The van der Waals surface area contributed by atoms with Gasteiger partial charge in [0.2, 0.25) is 0 Å². The van der Waals surface area contributed by atoms with Gasteiger partial charge in [0, 0.05) is 12.0 Å². The summed E-state index contributed by atoms with van der Waals surface area (Å²) in [5, 5.41) is 0. The summed E-state index contributed by atoms with van der Waals surface area (Å²) in [5.74, 6) is 3.08. The van der Waals surface area contributed by atoms with Crippen LogP contribution in [0.15, 0.2) is 18.2 Å². The standard InChI is InChI=1S/C19H24O2/c1-19-8-3-4-17(19)15-11-18(20)16-10-12(21-2)5-6-13(16)14(15)7-9-19/h5-6,10,14-15,17H,3-4,7-9,11H2,1-2H3. The molecule has 0 bridgehead atoms. The average Bonchev–Trinajstić information content (AvgIpc) is 2.89. The van der Waals surface area contributed by atoms with E-state index >= 15 is 0 Å². The Kier molecular flexibility index (Phi) is 2.92. The molecule has 21 heavy (non-hydrogen) atoms. The smallest absolute Gasteiger partial charge is 0.163 e. The van der Waals surface area contributed by atoms with Crippen LogP contribution in [0.4, 0.5) is 0 Å². The summed E-state index contributed by atoms with van der Waals surface area (Å²) in [6, 6.07) is 6.13. The first-order valence-electron chi connectivity index (χ1n) is 8.33. The fraction of sp³-hybridized carbons (Fsp3) is 0.632. The van der Waals surface area contributed by atoms with Crippen LogP contribution in [0.2, 0.25) is 0 Å². The monoisotopic (exact) mass is 284 g/mol. The Bertz CT molecular complexity index is 591. The summed E-state index contributed by atoms with van der Waals surface area (Å²) in [6.45, 7) is 2.47. The van der Waals surface area contributed by atoms with Crippen molar-refractivity contribution in [1.82, 2.24) is 0 Å². The molecular weight excluding hydrogens is 260 g/mol. The Labute approximate surface area is 126 Å². The second kappa shape index (κ2) is 4.59. The second-order valence-corrected chi connectivity index (χ2v) is 7.54. The Morgan fingerprint density at radius 3 is 2.90 bits per heavy atom. The van der Waals surface area contributed by atoms with Crippen molar-refractivity contribution in [1.29, 1.82) is 0 Å². The van der Waals surface area contributed by atoms with E-state index in [1.165, 1.54) is 37.7 Å². The minimum atomic E-state index is 0.335. The Morgan fingerprint density at radius 1 is 1.24 bits per heavy atom. The molecule has 1 aromatic carbocycles. The molecule has 0 aromatic heterocycles. The van der Waals surface area contributed by atoms with Gasteiger partial charge >= 0.3 is 0 Å². The number of carbonyl (C=O) groups excluding carboxylic acids is 1. The third-order valence-electron chi connectivity index (χ3n) is 6.60. The van der Waals surface area contributed by atoms with Crippen LogP contribution in [0.25, 0.3) is 0 Å². The molecular formula is C19H24O2. The number of hydrogen-bond donors (Lipinski definition) is 0. The zero-order chi connectivity index (χ0) is 14.6. The second-order valence-electron chi connectivity index (χ2n) is 7.54. The fourth-order valence-electron chi connectivity index (χ4n) is 5.50. The topological polar surface area (TPSA) is 26.3 Å². The Hall–Kier alpha value is -1.31. The van der Waals surface area contributed by atoms with Gasteiger partial charge in [0.1, 0.15) is 5.75 Å². The SMILES string of the molecule is COc1ccc2c(c1)C(=O)CC1C2CCC2(C)CCCC12. The molecule has 0 heterocycles. The summed E-state index contributed by atoms with van der Waals surface area (Å²) < 4.78 is 5.30. The van der Waals surface area contributed by atoms with Crippen molar-refractivity contribution < 1.29 is 9.53 Å². The Balaban J connectivity index is 1.75. The van der Waals surface area contributed by atoms with Crippen molar-refractivity contribution >= 4 is 5.78 Å². The van der Waals surface area contributed by atoms with Crippen molar-refractivity contribution in [3.8, 4) is 5.75 Å². The maximum atomic E-state index is 12.6. The van der Waals surface area contributed by atoms with E-state index in [1.54, 1.807) is 7.11 Å². The summed E-state index contributed by atoms with van der Waals surface area (Å²) in [6.07, 6.45) is 7.39. The van der Waals surface area contributed by atoms with Crippen LogP contribution in [-0.4, -0.2) is 12.9 Å². The number of Topliss-reactive ketones (excluding diaryl/α,β-unsaturated/α-hetero) is 1. The van der Waals surface area contributed by atoms with Crippen LogP contribution in [-0.2, 0) is 0 Å². The van der Waals surface area contributed by atoms with Crippen molar-refractivity contribution in [3.63, 3.8) is 0 Å². The third-order valence-corrected chi connectivity index (χ3v) is 6.60. The molecule has 2 saturated carbocycles. The average molecular weight is 284 g/mol. The predicted octanol–water partition coefficient (Wildman–Crippen LogP) is 4.58. The van der Waals surface area contributed by atoms with E-state index in [0.29, 0.717) is 23.0 Å². The van der Waals surface area contributed by atoms with Gasteiger partial charge in [-0.05, 0) is 66.5 Å². The summed E-state index contributed by atoms with van der Waals surface area (Å²) in [7, 11) is 1.67. The van der Waals surface area contributed by atoms with Gasteiger partial charge in [-0.2, -0.15) is 0 Å². The summed E-state index contributed by atoms with van der Waals surface area (Å²) >= 11 is 0. The van der Waals surface area contributed by atoms with Crippen LogP contribution >= 0.6 is 0 Å². The van der Waals surface area contributed by atoms with Gasteiger partial charge in [-0.3, -0.25) is 4.79 Å². The lowest BCUT2D eigenvalue weighted by molar-refractivity contribution is 0.0527. The van der Waals surface area contributed by atoms with Crippen LogP contribution < -0.4 is 4.74 Å². The lowest BCUT2D eigenvalue weighted by Crippen LogP contribution is -2.41. The molecule has 0 spiro atoms. The third kappa shape index (κ3) is 1.88. The normalized spacial score (nSPS) is 37.6. The number of methoxy groups -OCH3 is 1. The number of carbonyl (C=O) groups is 1. The zero-order valence-electron chi connectivity index (χ0n) is 13.0. The summed E-state index contributed by atoms with van der Waals surface area (Å²) in [4.78, 5) is 12.6. The molecule has 2 fully saturated rings. The highest BCUT2D eigenvalue weighted by atomic mass is 16.5. The number of hydrogen-bond acceptors (Lipinski definition) is 2. The molecule has 1 aromatic rings. The highest BCUT2D eigenvalue weighted by Gasteiger charge is 2.51. The van der Waals surface area contributed by atoms with Gasteiger partial charge in [0.25, 0.3) is 0 Å². The van der Waals surface area contributed by atoms with E-state index in [4.69, 9.17) is 4.74 Å². The van der Waals surface area contributed by atoms with Crippen LogP contribution in [0.5, 0.6) is 5.75 Å². The van der Waals surface area contributed by atoms with Crippen molar-refractivity contribution in [2.24, 2.45) is 17.3 Å². The minimum Gasteiger partial charge on any atom is -0.497 e. The van der Waals surface area contributed by atoms with Crippen molar-refractivity contribution in [2.45, 2.75) is 51.4 Å². The molecule has 4 rings (SSSR count). The predicted molar refractivity (Wildman–Crippen MR) is 82.9 cm³/mol. The molecule has 4 atom stereocenters. The van der Waals surface area contributed by atoms with Gasteiger partial charge in [-0.15, -0.1) is 0 Å². The van der Waals surface area contributed by atoms with Crippen LogP contribution in [0, 0.1) is 17.3 Å². The van der Waals surface area contributed by atoms with Crippen molar-refractivity contribution in [2.75, 3.05) is 7.11 Å². The number of ketones is 1. The number of ether oxygens (including phenoxy) is 1. The van der Waals surface area contributed by atoms with Gasteiger partial charge < -0.3 is 4.74 Å². The first kappa shape index (κ1) is 13.4. The van der Waals surface area contributed by atoms with Crippen molar-refractivity contribution in [3.05, 3.63) is 29.3 Å². The fourth-order valence-corrected chi connectivity index (χ4v) is 5.50. The zero-order valence-corrected chi connectivity index (χ0v) is 13.0. The number of benzene rings is 1. The molecule has 112 valence electrons. The van der Waals surface area contributed by atoms with E-state index in [0.717, 1.165) is 23.7 Å². The number of rotatable bonds is 1. The van der Waals surface area contributed by atoms with Gasteiger partial charge in [-0.25, -0.2) is 0 Å². The van der Waals surface area contributed by atoms with Gasteiger partial charge in [-0.1, -0.05) is 19.4 Å². The number of fused-ring (bicyclic) bond motifs is 5. The minimum absolute atomic E-state index is 0.335. The van der Waals surface area contributed by atoms with E-state index in [1.807, 2.05) is 12.1 Å². The Morgan fingerprint density at radius 2 is 2.10 bits per heavy atom. The lowest BCUT2D eigenvalue weighted by atomic mass is 9.55. The highest BCUT2D eigenvalue weighted by molar-refractivity contribution is 5.99. The van der Waals surface area contributed by atoms with E-state index in [2.05, 4.69) is 13.0 Å². The maximum Gasteiger partial charge on any atom is 0.163 e. The van der Waals surface area contributed by atoms with Crippen LogP contribution in [0.3, 0.4) is 0 Å². The van der Waals surface area contributed by atoms with E-state index < -0.39 is 0 Å². The lowest BCUT2D eigenvalue weighted by Gasteiger charge is -2.48.